The average molecular weight is 366 g/mol. The summed E-state index contributed by atoms with van der Waals surface area (Å²) in [6.07, 6.45) is -3.76. The first-order chi connectivity index (χ1) is 12.0. The Morgan fingerprint density at radius 1 is 1.15 bits per heavy atom. The van der Waals surface area contributed by atoms with Crippen molar-refractivity contribution in [3.8, 4) is 11.1 Å². The molecular formula is C20H25F3N2O. The van der Waals surface area contributed by atoms with Gasteiger partial charge in [0.1, 0.15) is 0 Å². The van der Waals surface area contributed by atoms with Gasteiger partial charge in [-0.3, -0.25) is 4.79 Å². The Hall–Kier alpha value is -2.24. The number of nitrogens with two attached hydrogens (primary N) is 1. The van der Waals surface area contributed by atoms with Crippen LogP contribution in [0, 0.1) is 12.8 Å². The summed E-state index contributed by atoms with van der Waals surface area (Å²) in [5, 5.41) is 0. The summed E-state index contributed by atoms with van der Waals surface area (Å²) in [4.78, 5) is 12.1. The number of halogens is 3. The van der Waals surface area contributed by atoms with Gasteiger partial charge in [-0.2, -0.15) is 13.2 Å². The molecule has 1 unspecified atom stereocenters. The maximum Gasteiger partial charge on any atom is 0.416 e. The Morgan fingerprint density at radius 3 is 2.08 bits per heavy atom. The first-order valence-corrected chi connectivity index (χ1v) is 8.71. The van der Waals surface area contributed by atoms with Crippen LogP contribution in [-0.2, 0) is 12.6 Å². The van der Waals surface area contributed by atoms with Crippen molar-refractivity contribution < 1.29 is 18.0 Å². The topological polar surface area (TPSA) is 48.0 Å². The fourth-order valence-electron chi connectivity index (χ4n) is 3.40. The fraction of sp³-hybridized carbons (Fsp3) is 0.450. The van der Waals surface area contributed by atoms with Gasteiger partial charge in [0.15, 0.2) is 0 Å². The Balaban J connectivity index is 2.75. The number of carbonyl (C=O) groups is 1. The lowest BCUT2D eigenvalue weighted by molar-refractivity contribution is -0.137. The molecule has 0 bridgehead atoms. The smallest absolute Gasteiger partial charge is 0.366 e. The van der Waals surface area contributed by atoms with Gasteiger partial charge >= 0.3 is 6.18 Å². The van der Waals surface area contributed by atoms with Crippen LogP contribution in [0.25, 0.3) is 11.1 Å². The molecule has 0 saturated carbocycles. The van der Waals surface area contributed by atoms with Crippen molar-refractivity contribution in [2.24, 2.45) is 11.7 Å². The first-order valence-electron chi connectivity index (χ1n) is 8.71. The van der Waals surface area contributed by atoms with Crippen LogP contribution in [0.2, 0.25) is 0 Å². The number of carbonyl (C=O) groups excluding carboxylic acids is 1. The molecule has 1 aromatic heterocycles. The van der Waals surface area contributed by atoms with Crippen LogP contribution in [0.1, 0.15) is 61.0 Å². The molecule has 0 saturated heterocycles. The molecule has 1 amide bonds. The highest BCUT2D eigenvalue weighted by Gasteiger charge is 2.31. The second-order valence-electron chi connectivity index (χ2n) is 6.93. The Bertz CT molecular complexity index is 802. The van der Waals surface area contributed by atoms with Gasteiger partial charge in [0, 0.05) is 23.0 Å². The molecule has 1 heterocycles. The molecule has 0 aliphatic heterocycles. The number of alkyl halides is 3. The summed E-state index contributed by atoms with van der Waals surface area (Å²) < 4.78 is 40.7. The summed E-state index contributed by atoms with van der Waals surface area (Å²) in [5.74, 6) is -0.241. The van der Waals surface area contributed by atoms with Gasteiger partial charge in [0.05, 0.1) is 11.1 Å². The molecule has 2 N–H and O–H groups in total. The minimum Gasteiger partial charge on any atom is -0.366 e. The van der Waals surface area contributed by atoms with Crippen molar-refractivity contribution in [1.82, 2.24) is 4.57 Å². The van der Waals surface area contributed by atoms with Gasteiger partial charge in [-0.05, 0) is 43.9 Å². The molecule has 0 aliphatic carbocycles. The Morgan fingerprint density at radius 2 is 1.69 bits per heavy atom. The summed E-state index contributed by atoms with van der Waals surface area (Å²) in [5.41, 5.74) is 8.18. The normalized spacial score (nSPS) is 13.3. The number of hydrogen-bond donors (Lipinski definition) is 1. The van der Waals surface area contributed by atoms with E-state index in [0.717, 1.165) is 23.5 Å². The molecule has 3 nitrogen and oxygen atoms in total. The van der Waals surface area contributed by atoms with Crippen molar-refractivity contribution >= 4 is 5.91 Å². The van der Waals surface area contributed by atoms with Crippen molar-refractivity contribution in [1.29, 1.82) is 0 Å². The lowest BCUT2D eigenvalue weighted by Gasteiger charge is -2.23. The van der Waals surface area contributed by atoms with E-state index in [0.29, 0.717) is 29.0 Å². The molecule has 0 spiro atoms. The number of aromatic nitrogens is 1. The van der Waals surface area contributed by atoms with Crippen molar-refractivity contribution in [2.45, 2.75) is 53.3 Å². The third-order valence-electron chi connectivity index (χ3n) is 5.01. The molecule has 2 rings (SSSR count). The molecule has 0 fully saturated rings. The molecule has 142 valence electrons. The van der Waals surface area contributed by atoms with E-state index in [1.54, 1.807) is 0 Å². The highest BCUT2D eigenvalue weighted by Crippen LogP contribution is 2.38. The SMILES string of the molecule is CCc1c(-c2ccc(C(F)(F)F)cc2)c(C(N)=O)c(C)n1C(C)C(C)C. The van der Waals surface area contributed by atoms with Crippen molar-refractivity contribution in [3.63, 3.8) is 0 Å². The highest BCUT2D eigenvalue weighted by molar-refractivity contribution is 6.02. The molecule has 6 heteroatoms. The zero-order chi connectivity index (χ0) is 19.8. The number of nitrogens with zero attached hydrogens (tertiary/aromatic N) is 1. The van der Waals surface area contributed by atoms with E-state index >= 15 is 0 Å². The van der Waals surface area contributed by atoms with Gasteiger partial charge < -0.3 is 10.3 Å². The maximum absolute atomic E-state index is 12.9. The number of benzene rings is 1. The second-order valence-corrected chi connectivity index (χ2v) is 6.93. The Labute approximate surface area is 152 Å². The molecule has 1 atom stereocenters. The van der Waals surface area contributed by atoms with E-state index < -0.39 is 17.6 Å². The Kier molecular flexibility index (Phi) is 5.54. The van der Waals surface area contributed by atoms with E-state index in [4.69, 9.17) is 5.73 Å². The molecular weight excluding hydrogens is 341 g/mol. The standard InChI is InChI=1S/C20H25F3N2O/c1-6-16-18(14-7-9-15(10-8-14)20(21,22)23)17(19(24)26)13(5)25(16)12(4)11(2)3/h7-12H,6H2,1-5H3,(H2,24,26). The third kappa shape index (κ3) is 3.50. The molecule has 2 aromatic rings. The van der Waals surface area contributed by atoms with Crippen LogP contribution in [-0.4, -0.2) is 10.5 Å². The second kappa shape index (κ2) is 7.17. The predicted molar refractivity (Wildman–Crippen MR) is 97.1 cm³/mol. The zero-order valence-corrected chi connectivity index (χ0v) is 15.7. The van der Waals surface area contributed by atoms with Crippen LogP contribution < -0.4 is 5.73 Å². The quantitative estimate of drug-likeness (QED) is 0.761. The minimum absolute atomic E-state index is 0.131. The van der Waals surface area contributed by atoms with Gasteiger partial charge in [0.25, 0.3) is 5.91 Å². The van der Waals surface area contributed by atoms with Crippen molar-refractivity contribution in [2.75, 3.05) is 0 Å². The number of primary amides is 1. The molecule has 0 radical (unpaired) electrons. The fourth-order valence-corrected chi connectivity index (χ4v) is 3.40. The van der Waals surface area contributed by atoms with Gasteiger partial charge in [0.2, 0.25) is 0 Å². The van der Waals surface area contributed by atoms with Gasteiger partial charge in [-0.25, -0.2) is 0 Å². The average Bonchev–Trinajstić information content (AvgIpc) is 2.85. The maximum atomic E-state index is 12.9. The van der Waals surface area contributed by atoms with Gasteiger partial charge in [-0.15, -0.1) is 0 Å². The third-order valence-corrected chi connectivity index (χ3v) is 5.01. The summed E-state index contributed by atoms with van der Waals surface area (Å²) >= 11 is 0. The monoisotopic (exact) mass is 366 g/mol. The molecule has 26 heavy (non-hydrogen) atoms. The van der Waals surface area contributed by atoms with Crippen LogP contribution in [0.3, 0.4) is 0 Å². The molecule has 1 aromatic carbocycles. The highest BCUT2D eigenvalue weighted by atomic mass is 19.4. The van der Waals surface area contributed by atoms with E-state index in [1.807, 2.05) is 13.8 Å². The van der Waals surface area contributed by atoms with Crippen molar-refractivity contribution in [3.05, 3.63) is 46.8 Å². The van der Waals surface area contributed by atoms with Crippen LogP contribution in [0.4, 0.5) is 13.2 Å². The summed E-state index contributed by atoms with van der Waals surface area (Å²) in [6.45, 7) is 10.1. The molecule has 0 aliphatic rings. The van der Waals surface area contributed by atoms with Gasteiger partial charge in [-0.1, -0.05) is 32.9 Å². The van der Waals surface area contributed by atoms with E-state index in [-0.39, 0.29) is 6.04 Å². The van der Waals surface area contributed by atoms with Crippen LogP contribution >= 0.6 is 0 Å². The predicted octanol–water partition coefficient (Wildman–Crippen LogP) is 5.36. The lowest BCUT2D eigenvalue weighted by atomic mass is 9.97. The summed E-state index contributed by atoms with van der Waals surface area (Å²) in [6, 6.07) is 5.03. The van der Waals surface area contributed by atoms with E-state index in [1.165, 1.54) is 12.1 Å². The minimum atomic E-state index is -4.40. The van der Waals surface area contributed by atoms with Crippen LogP contribution in [0.15, 0.2) is 24.3 Å². The largest absolute Gasteiger partial charge is 0.416 e. The lowest BCUT2D eigenvalue weighted by Crippen LogP contribution is -2.17. The van der Waals surface area contributed by atoms with Crippen LogP contribution in [0.5, 0.6) is 0 Å². The number of amides is 1. The first kappa shape index (κ1) is 20.1. The zero-order valence-electron chi connectivity index (χ0n) is 15.7. The number of hydrogen-bond acceptors (Lipinski definition) is 1. The number of rotatable bonds is 5. The summed E-state index contributed by atoms with van der Waals surface area (Å²) in [7, 11) is 0. The van der Waals surface area contributed by atoms with E-state index in [2.05, 4.69) is 25.3 Å². The van der Waals surface area contributed by atoms with E-state index in [9.17, 15) is 18.0 Å².